The monoisotopic (exact) mass is 451 g/mol. The highest BCUT2D eigenvalue weighted by Crippen LogP contribution is 2.40. The predicted octanol–water partition coefficient (Wildman–Crippen LogP) is 3.07. The van der Waals surface area contributed by atoms with Crippen molar-refractivity contribution in [2.24, 2.45) is 0 Å². The lowest BCUT2D eigenvalue weighted by atomic mass is 10.1. The second-order valence-corrected chi connectivity index (χ2v) is 7.59. The molecule has 0 aliphatic rings. The number of nitrogens with zero attached hydrogens (tertiary/aromatic N) is 3. The summed E-state index contributed by atoms with van der Waals surface area (Å²) in [5.41, 5.74) is 1.33. The summed E-state index contributed by atoms with van der Waals surface area (Å²) < 4.78 is 23.3. The number of para-hydroxylation sites is 1. The van der Waals surface area contributed by atoms with Gasteiger partial charge < -0.3 is 18.9 Å². The van der Waals surface area contributed by atoms with Gasteiger partial charge in [0.25, 0.3) is 5.56 Å². The first-order valence-corrected chi connectivity index (χ1v) is 10.4. The van der Waals surface area contributed by atoms with Gasteiger partial charge in [-0.1, -0.05) is 41.7 Å². The molecule has 0 aliphatic carbocycles. The van der Waals surface area contributed by atoms with Gasteiger partial charge in [0.05, 0.1) is 33.0 Å². The molecule has 0 radical (unpaired) electrons. The van der Waals surface area contributed by atoms with Crippen LogP contribution in [0.25, 0.3) is 28.5 Å². The van der Waals surface area contributed by atoms with Crippen molar-refractivity contribution in [3.8, 4) is 34.4 Å². The normalized spacial score (nSPS) is 11.9. The summed E-state index contributed by atoms with van der Waals surface area (Å²) in [6, 6.07) is 11.1. The second-order valence-electron chi connectivity index (χ2n) is 6.58. The average Bonchev–Trinajstić information content (AvgIpc) is 3.37. The van der Waals surface area contributed by atoms with Gasteiger partial charge in [-0.25, -0.2) is 0 Å². The molecule has 9 heteroatoms. The van der Waals surface area contributed by atoms with E-state index in [9.17, 15) is 4.79 Å². The molecule has 164 valence electrons. The molecule has 8 nitrogen and oxygen atoms in total. The highest BCUT2D eigenvalue weighted by molar-refractivity contribution is 7.15. The Morgan fingerprint density at radius 3 is 2.25 bits per heavy atom. The highest BCUT2D eigenvalue weighted by atomic mass is 32.1. The van der Waals surface area contributed by atoms with Gasteiger partial charge in [0.1, 0.15) is 5.75 Å². The number of thiazole rings is 1. The number of fused-ring (bicyclic) bond motifs is 1. The van der Waals surface area contributed by atoms with Crippen LogP contribution in [0.1, 0.15) is 5.56 Å². The molecule has 0 bridgehead atoms. The van der Waals surface area contributed by atoms with E-state index >= 15 is 0 Å². The first-order valence-electron chi connectivity index (χ1n) is 9.61. The number of hydrogen-bond donors (Lipinski definition) is 0. The summed E-state index contributed by atoms with van der Waals surface area (Å²) in [5.74, 6) is 2.60. The SMILES string of the molecule is COc1ccccc1/C=C/C=c1\sc2nc(-c3cc(OC)c(OC)c(OC)c3)nn2c1=O. The Kier molecular flexibility index (Phi) is 6.09. The Morgan fingerprint density at radius 1 is 0.938 bits per heavy atom. The third-order valence-electron chi connectivity index (χ3n) is 4.77. The van der Waals surface area contributed by atoms with Crippen molar-refractivity contribution >= 4 is 28.4 Å². The van der Waals surface area contributed by atoms with Crippen molar-refractivity contribution in [1.29, 1.82) is 0 Å². The van der Waals surface area contributed by atoms with Crippen LogP contribution in [0.5, 0.6) is 23.0 Å². The Morgan fingerprint density at radius 2 is 1.62 bits per heavy atom. The standard InChI is InChI=1S/C23H21N3O5S/c1-28-16-10-6-5-8-14(16)9-7-11-19-22(27)26-23(32-19)24-21(25-26)15-12-17(29-2)20(31-4)18(13-15)30-3/h5-13H,1-4H3/b9-7+,19-11-. The Labute approximate surface area is 188 Å². The van der Waals surface area contributed by atoms with Crippen LogP contribution in [0.4, 0.5) is 0 Å². The number of allylic oxidation sites excluding steroid dienone is 1. The minimum absolute atomic E-state index is 0.235. The van der Waals surface area contributed by atoms with Gasteiger partial charge >= 0.3 is 0 Å². The molecule has 32 heavy (non-hydrogen) atoms. The van der Waals surface area contributed by atoms with E-state index in [1.165, 1.54) is 37.2 Å². The maximum atomic E-state index is 12.8. The van der Waals surface area contributed by atoms with Crippen LogP contribution >= 0.6 is 11.3 Å². The number of hydrogen-bond acceptors (Lipinski definition) is 8. The zero-order valence-corrected chi connectivity index (χ0v) is 18.8. The van der Waals surface area contributed by atoms with Crippen molar-refractivity contribution < 1.29 is 18.9 Å². The molecule has 2 aromatic carbocycles. The molecule has 2 aromatic heterocycles. The van der Waals surface area contributed by atoms with Crippen molar-refractivity contribution in [2.75, 3.05) is 28.4 Å². The van der Waals surface area contributed by atoms with E-state index in [2.05, 4.69) is 10.1 Å². The molecule has 4 aromatic rings. The zero-order chi connectivity index (χ0) is 22.7. The van der Waals surface area contributed by atoms with Crippen molar-refractivity contribution in [1.82, 2.24) is 14.6 Å². The van der Waals surface area contributed by atoms with Crippen molar-refractivity contribution in [2.45, 2.75) is 0 Å². The Bertz CT molecular complexity index is 1380. The van der Waals surface area contributed by atoms with Gasteiger partial charge in [-0.05, 0) is 24.3 Å². The van der Waals surface area contributed by atoms with Gasteiger partial charge in [-0.3, -0.25) is 4.79 Å². The zero-order valence-electron chi connectivity index (χ0n) is 18.0. The van der Waals surface area contributed by atoms with E-state index in [0.717, 1.165) is 11.3 Å². The maximum Gasteiger partial charge on any atom is 0.291 e. The van der Waals surface area contributed by atoms with E-state index in [4.69, 9.17) is 18.9 Å². The third-order valence-corrected chi connectivity index (χ3v) is 5.74. The van der Waals surface area contributed by atoms with Gasteiger partial charge in [0.2, 0.25) is 10.7 Å². The molecular weight excluding hydrogens is 430 g/mol. The first-order chi connectivity index (χ1) is 15.6. The number of aromatic nitrogens is 3. The molecule has 0 fully saturated rings. The Hall–Kier alpha value is -3.85. The predicted molar refractivity (Wildman–Crippen MR) is 124 cm³/mol. The fraction of sp³-hybridized carbons (Fsp3) is 0.174. The minimum Gasteiger partial charge on any atom is -0.496 e. The van der Waals surface area contributed by atoms with E-state index in [1.54, 1.807) is 25.3 Å². The van der Waals surface area contributed by atoms with Crippen LogP contribution in [0.3, 0.4) is 0 Å². The summed E-state index contributed by atoms with van der Waals surface area (Å²) in [4.78, 5) is 17.8. The molecular formula is C23H21N3O5S. The number of rotatable bonds is 7. The summed E-state index contributed by atoms with van der Waals surface area (Å²) >= 11 is 1.26. The summed E-state index contributed by atoms with van der Waals surface area (Å²) in [5, 5.41) is 4.39. The van der Waals surface area contributed by atoms with Crippen LogP contribution in [-0.2, 0) is 0 Å². The lowest BCUT2D eigenvalue weighted by Crippen LogP contribution is -2.23. The minimum atomic E-state index is -0.235. The lowest BCUT2D eigenvalue weighted by Gasteiger charge is -2.12. The molecule has 0 N–H and O–H groups in total. The van der Waals surface area contributed by atoms with E-state index < -0.39 is 0 Å². The number of ether oxygens (including phenoxy) is 4. The Balaban J connectivity index is 1.70. The maximum absolute atomic E-state index is 12.8. The fourth-order valence-electron chi connectivity index (χ4n) is 3.22. The van der Waals surface area contributed by atoms with Gasteiger partial charge in [0.15, 0.2) is 17.3 Å². The molecule has 0 atom stereocenters. The average molecular weight is 452 g/mol. The molecule has 0 aliphatic heterocycles. The van der Waals surface area contributed by atoms with Crippen LogP contribution in [0, 0.1) is 0 Å². The number of benzene rings is 2. The molecule has 0 spiro atoms. The van der Waals surface area contributed by atoms with E-state index in [1.807, 2.05) is 36.4 Å². The van der Waals surface area contributed by atoms with Gasteiger partial charge in [-0.2, -0.15) is 9.50 Å². The largest absolute Gasteiger partial charge is 0.496 e. The van der Waals surface area contributed by atoms with E-state index in [0.29, 0.717) is 38.1 Å². The van der Waals surface area contributed by atoms with Crippen LogP contribution in [-0.4, -0.2) is 43.0 Å². The van der Waals surface area contributed by atoms with Crippen LogP contribution < -0.4 is 29.0 Å². The summed E-state index contributed by atoms with van der Waals surface area (Å²) in [6.45, 7) is 0. The molecule has 4 rings (SSSR count). The lowest BCUT2D eigenvalue weighted by molar-refractivity contribution is 0.324. The quantitative estimate of drug-likeness (QED) is 0.427. The van der Waals surface area contributed by atoms with Crippen molar-refractivity contribution in [3.63, 3.8) is 0 Å². The van der Waals surface area contributed by atoms with Gasteiger partial charge in [-0.15, -0.1) is 5.10 Å². The smallest absolute Gasteiger partial charge is 0.291 e. The summed E-state index contributed by atoms with van der Waals surface area (Å²) in [7, 11) is 6.24. The summed E-state index contributed by atoms with van der Waals surface area (Å²) in [6.07, 6.45) is 5.44. The molecule has 0 saturated heterocycles. The van der Waals surface area contributed by atoms with Crippen LogP contribution in [0.15, 0.2) is 47.3 Å². The molecule has 0 unspecified atom stereocenters. The topological polar surface area (TPSA) is 84.2 Å². The van der Waals surface area contributed by atoms with Gasteiger partial charge in [0, 0.05) is 11.1 Å². The first kappa shape index (κ1) is 21.4. The molecule has 0 amide bonds. The molecule has 0 saturated carbocycles. The highest BCUT2D eigenvalue weighted by Gasteiger charge is 2.18. The molecule has 2 heterocycles. The van der Waals surface area contributed by atoms with Crippen molar-refractivity contribution in [3.05, 3.63) is 62.9 Å². The number of methoxy groups -OCH3 is 4. The van der Waals surface area contributed by atoms with E-state index in [-0.39, 0.29) is 5.56 Å². The fourth-order valence-corrected chi connectivity index (χ4v) is 4.08. The van der Waals surface area contributed by atoms with Crippen LogP contribution in [0.2, 0.25) is 0 Å². The second kappa shape index (κ2) is 9.11. The third kappa shape index (κ3) is 3.90.